The lowest BCUT2D eigenvalue weighted by atomic mass is 10.00. The molecular weight excluding hydrogens is 100 g/mol. The minimum Gasteiger partial charge on any atom is -0.299 e. The van der Waals surface area contributed by atoms with E-state index in [0.29, 0.717) is 11.7 Å². The predicted molar refractivity (Wildman–Crippen MR) is 30.5 cm³/mol. The highest BCUT2D eigenvalue weighted by atomic mass is 16.1. The number of carbonyl (C=O) groups excluding carboxylic acids is 1. The Morgan fingerprint density at radius 1 is 1.38 bits per heavy atom. The van der Waals surface area contributed by atoms with Gasteiger partial charge < -0.3 is 0 Å². The van der Waals surface area contributed by atoms with Gasteiger partial charge in [-0.2, -0.15) is 0 Å². The zero-order chi connectivity index (χ0) is 5.56. The zero-order valence-corrected chi connectivity index (χ0v) is 4.89. The van der Waals surface area contributed by atoms with Crippen LogP contribution in [0.3, 0.4) is 0 Å². The molecule has 1 nitrogen and oxygen atoms in total. The molecule has 8 heavy (non-hydrogen) atoms. The highest BCUT2D eigenvalue weighted by Crippen LogP contribution is 2.41. The molecule has 0 aliphatic heterocycles. The van der Waals surface area contributed by atoms with Crippen LogP contribution in [0.2, 0.25) is 0 Å². The van der Waals surface area contributed by atoms with Gasteiger partial charge in [0.1, 0.15) is 5.78 Å². The summed E-state index contributed by atoms with van der Waals surface area (Å²) in [6, 6.07) is 0. The molecule has 44 valence electrons. The Morgan fingerprint density at radius 2 is 2.25 bits per heavy atom. The smallest absolute Gasteiger partial charge is 0.136 e. The number of ketones is 1. The molecule has 2 aliphatic carbocycles. The summed E-state index contributed by atoms with van der Waals surface area (Å²) in [5.74, 6) is 1.84. The third-order valence-electron chi connectivity index (χ3n) is 2.49. The molecule has 1 unspecified atom stereocenters. The minimum atomic E-state index is 0.500. The van der Waals surface area contributed by atoms with E-state index in [4.69, 9.17) is 0 Å². The van der Waals surface area contributed by atoms with Crippen LogP contribution in [-0.2, 0) is 4.79 Å². The van der Waals surface area contributed by atoms with Crippen LogP contribution in [0.25, 0.3) is 0 Å². The highest BCUT2D eigenvalue weighted by Gasteiger charge is 2.37. The van der Waals surface area contributed by atoms with Crippen molar-refractivity contribution < 1.29 is 4.79 Å². The summed E-state index contributed by atoms with van der Waals surface area (Å²) in [5, 5.41) is 0. The Hall–Kier alpha value is -0.330. The highest BCUT2D eigenvalue weighted by molar-refractivity contribution is 5.84. The Bertz CT molecular complexity index is 128. The van der Waals surface area contributed by atoms with Crippen LogP contribution in [0.15, 0.2) is 0 Å². The summed E-state index contributed by atoms with van der Waals surface area (Å²) in [5.41, 5.74) is 0. The van der Waals surface area contributed by atoms with Gasteiger partial charge in [-0.1, -0.05) is 0 Å². The molecule has 2 atom stereocenters. The predicted octanol–water partition coefficient (Wildman–Crippen LogP) is 1.38. The van der Waals surface area contributed by atoms with Crippen LogP contribution in [0.5, 0.6) is 0 Å². The Balaban J connectivity index is 2.22. The first-order chi connectivity index (χ1) is 3.86. The van der Waals surface area contributed by atoms with Crippen LogP contribution < -0.4 is 0 Å². The van der Waals surface area contributed by atoms with Gasteiger partial charge in [0, 0.05) is 12.3 Å². The normalized spacial score (nSPS) is 43.8. The molecule has 1 heteroatoms. The van der Waals surface area contributed by atoms with E-state index in [1.165, 1.54) is 19.3 Å². The topological polar surface area (TPSA) is 17.1 Å². The molecule has 0 aromatic carbocycles. The Labute approximate surface area is 49.1 Å². The van der Waals surface area contributed by atoms with Gasteiger partial charge in [0.15, 0.2) is 0 Å². The van der Waals surface area contributed by atoms with Crippen LogP contribution in [0, 0.1) is 11.8 Å². The number of carbonyl (C=O) groups is 1. The lowest BCUT2D eigenvalue weighted by Crippen LogP contribution is -2.07. The molecule has 2 bridgehead atoms. The molecule has 2 aliphatic rings. The molecular formula is C7H10O. The standard InChI is InChI=1S/C7H10O/c8-7-4-5-1-2-6(7)3-5/h5-6H,1-4H2/t5?,6-/m0/s1. The van der Waals surface area contributed by atoms with Crippen molar-refractivity contribution in [2.24, 2.45) is 11.8 Å². The van der Waals surface area contributed by atoms with Crippen LogP contribution in [0.4, 0.5) is 0 Å². The summed E-state index contributed by atoms with van der Waals surface area (Å²) in [4.78, 5) is 10.8. The van der Waals surface area contributed by atoms with Crippen LogP contribution >= 0.6 is 0 Å². The summed E-state index contributed by atoms with van der Waals surface area (Å²) in [7, 11) is 0. The fraction of sp³-hybridized carbons (Fsp3) is 0.857. The summed E-state index contributed by atoms with van der Waals surface area (Å²) in [6.45, 7) is 0. The fourth-order valence-corrected chi connectivity index (χ4v) is 2.00. The molecule has 0 spiro atoms. The molecule has 0 aromatic heterocycles. The first kappa shape index (κ1) is 4.54. The van der Waals surface area contributed by atoms with Gasteiger partial charge in [0.2, 0.25) is 0 Å². The second-order valence-corrected chi connectivity index (χ2v) is 3.05. The second-order valence-electron chi connectivity index (χ2n) is 3.05. The van der Waals surface area contributed by atoms with E-state index in [1.54, 1.807) is 0 Å². The van der Waals surface area contributed by atoms with Crippen molar-refractivity contribution in [2.45, 2.75) is 25.7 Å². The van der Waals surface area contributed by atoms with E-state index >= 15 is 0 Å². The maximum Gasteiger partial charge on any atom is 0.136 e. The molecule has 2 fully saturated rings. The fourth-order valence-electron chi connectivity index (χ4n) is 2.00. The van der Waals surface area contributed by atoms with E-state index in [9.17, 15) is 4.79 Å². The second kappa shape index (κ2) is 1.34. The van der Waals surface area contributed by atoms with E-state index in [1.807, 2.05) is 0 Å². The van der Waals surface area contributed by atoms with Crippen molar-refractivity contribution in [3.63, 3.8) is 0 Å². The van der Waals surface area contributed by atoms with Crippen molar-refractivity contribution >= 4 is 5.78 Å². The van der Waals surface area contributed by atoms with Gasteiger partial charge in [-0.15, -0.1) is 0 Å². The first-order valence-electron chi connectivity index (χ1n) is 3.39. The SMILES string of the molecule is O=C1CC2CC[C@H]1C2. The largest absolute Gasteiger partial charge is 0.299 e. The van der Waals surface area contributed by atoms with E-state index in [2.05, 4.69) is 0 Å². The van der Waals surface area contributed by atoms with Gasteiger partial charge in [-0.25, -0.2) is 0 Å². The Kier molecular flexibility index (Phi) is 0.758. The monoisotopic (exact) mass is 110 g/mol. The van der Waals surface area contributed by atoms with Crippen LogP contribution in [-0.4, -0.2) is 5.78 Å². The first-order valence-corrected chi connectivity index (χ1v) is 3.39. The minimum absolute atomic E-state index is 0.500. The molecule has 0 N–H and O–H groups in total. The van der Waals surface area contributed by atoms with Gasteiger partial charge in [0.25, 0.3) is 0 Å². The quantitative estimate of drug-likeness (QED) is 0.460. The van der Waals surface area contributed by atoms with Gasteiger partial charge >= 0.3 is 0 Å². The molecule has 0 amide bonds. The number of hydrogen-bond acceptors (Lipinski definition) is 1. The zero-order valence-electron chi connectivity index (χ0n) is 4.89. The maximum absolute atomic E-state index is 10.8. The number of hydrogen-bond donors (Lipinski definition) is 0. The van der Waals surface area contributed by atoms with E-state index in [-0.39, 0.29) is 0 Å². The summed E-state index contributed by atoms with van der Waals surface area (Å²) >= 11 is 0. The van der Waals surface area contributed by atoms with Crippen molar-refractivity contribution in [2.75, 3.05) is 0 Å². The maximum atomic E-state index is 10.8. The van der Waals surface area contributed by atoms with Gasteiger partial charge in [-0.05, 0) is 25.2 Å². The molecule has 2 saturated carbocycles. The number of Topliss-reactive ketones (excluding diaryl/α,β-unsaturated/α-hetero) is 1. The lowest BCUT2D eigenvalue weighted by molar-refractivity contribution is -0.121. The van der Waals surface area contributed by atoms with Crippen molar-refractivity contribution in [1.29, 1.82) is 0 Å². The number of fused-ring (bicyclic) bond motifs is 2. The average Bonchev–Trinajstić information content (AvgIpc) is 2.23. The average molecular weight is 110 g/mol. The van der Waals surface area contributed by atoms with Gasteiger partial charge in [-0.3, -0.25) is 4.79 Å². The van der Waals surface area contributed by atoms with Crippen molar-refractivity contribution in [3.05, 3.63) is 0 Å². The molecule has 0 heterocycles. The molecule has 0 radical (unpaired) electrons. The lowest BCUT2D eigenvalue weighted by Gasteiger charge is -2.04. The molecule has 2 rings (SSSR count). The van der Waals surface area contributed by atoms with Crippen molar-refractivity contribution in [3.8, 4) is 0 Å². The number of rotatable bonds is 0. The van der Waals surface area contributed by atoms with E-state index in [0.717, 1.165) is 12.3 Å². The third kappa shape index (κ3) is 0.445. The Morgan fingerprint density at radius 3 is 2.50 bits per heavy atom. The van der Waals surface area contributed by atoms with E-state index < -0.39 is 0 Å². The van der Waals surface area contributed by atoms with Gasteiger partial charge in [0.05, 0.1) is 0 Å². The van der Waals surface area contributed by atoms with Crippen LogP contribution in [0.1, 0.15) is 25.7 Å². The third-order valence-corrected chi connectivity index (χ3v) is 2.49. The summed E-state index contributed by atoms with van der Waals surface area (Å²) < 4.78 is 0. The molecule has 0 saturated heterocycles. The summed E-state index contributed by atoms with van der Waals surface area (Å²) in [6.07, 6.45) is 4.66. The van der Waals surface area contributed by atoms with Crippen molar-refractivity contribution in [1.82, 2.24) is 0 Å². The molecule has 0 aromatic rings.